The van der Waals surface area contributed by atoms with Crippen LogP contribution >= 0.6 is 11.6 Å². The molecule has 1 aromatic carbocycles. The monoisotopic (exact) mass is 364 g/mol. The molecule has 6 heteroatoms. The highest BCUT2D eigenvalue weighted by molar-refractivity contribution is 6.36. The van der Waals surface area contributed by atoms with Crippen molar-refractivity contribution < 1.29 is 14.3 Å². The number of benzene rings is 1. The lowest BCUT2D eigenvalue weighted by Gasteiger charge is -2.26. The summed E-state index contributed by atoms with van der Waals surface area (Å²) in [6.45, 7) is 7.98. The van der Waals surface area contributed by atoms with E-state index in [2.05, 4.69) is 12.2 Å². The quantitative estimate of drug-likeness (QED) is 0.755. The van der Waals surface area contributed by atoms with E-state index in [9.17, 15) is 4.79 Å². The van der Waals surface area contributed by atoms with Crippen molar-refractivity contribution in [3.8, 4) is 5.75 Å². The topological polar surface area (TPSA) is 52.5 Å². The summed E-state index contributed by atoms with van der Waals surface area (Å²) in [5.74, 6) is 0.710. The normalized spacial score (nSPS) is 16.3. The average Bonchev–Trinajstić information content (AvgIpc) is 2.98. The summed E-state index contributed by atoms with van der Waals surface area (Å²) < 4.78 is 13.5. The number of nitrogens with one attached hydrogen (secondary N) is 1. The second kappa shape index (κ2) is 7.67. The molecule has 0 unspecified atom stereocenters. The lowest BCUT2D eigenvalue weighted by Crippen LogP contribution is -2.32. The molecule has 136 valence electrons. The lowest BCUT2D eigenvalue weighted by atomic mass is 10.2. The SMILES string of the molecule is CC[C@H]1Cn2c(C(=O)NCCCOC(C)C)cc3c(Cl)ccc(c32)O1. The van der Waals surface area contributed by atoms with Gasteiger partial charge in [0.1, 0.15) is 17.5 Å². The molecule has 0 saturated heterocycles. The summed E-state index contributed by atoms with van der Waals surface area (Å²) in [4.78, 5) is 12.7. The van der Waals surface area contributed by atoms with Crippen LogP contribution in [-0.2, 0) is 11.3 Å². The Hall–Kier alpha value is -1.72. The molecule has 0 fully saturated rings. The van der Waals surface area contributed by atoms with Gasteiger partial charge >= 0.3 is 0 Å². The number of aromatic nitrogens is 1. The molecule has 0 spiro atoms. The molecule has 1 amide bonds. The van der Waals surface area contributed by atoms with E-state index in [1.165, 1.54) is 0 Å². The van der Waals surface area contributed by atoms with Gasteiger partial charge in [-0.15, -0.1) is 0 Å². The minimum Gasteiger partial charge on any atom is -0.486 e. The molecule has 25 heavy (non-hydrogen) atoms. The van der Waals surface area contributed by atoms with Crippen LogP contribution in [0.5, 0.6) is 5.75 Å². The van der Waals surface area contributed by atoms with E-state index in [1.807, 2.05) is 36.6 Å². The van der Waals surface area contributed by atoms with E-state index in [0.717, 1.165) is 29.5 Å². The number of halogens is 1. The number of nitrogens with zero attached hydrogens (tertiary/aromatic N) is 1. The second-order valence-corrected chi connectivity index (χ2v) is 7.03. The van der Waals surface area contributed by atoms with Crippen LogP contribution < -0.4 is 10.1 Å². The van der Waals surface area contributed by atoms with E-state index < -0.39 is 0 Å². The molecule has 0 radical (unpaired) electrons. The van der Waals surface area contributed by atoms with Gasteiger partial charge in [-0.1, -0.05) is 18.5 Å². The van der Waals surface area contributed by atoms with Crippen LogP contribution in [0.15, 0.2) is 18.2 Å². The van der Waals surface area contributed by atoms with Crippen LogP contribution in [0, 0.1) is 0 Å². The molecule has 0 bridgehead atoms. The first kappa shape index (κ1) is 18.1. The predicted octanol–water partition coefficient (Wildman–Crippen LogP) is 4.01. The average molecular weight is 365 g/mol. The highest BCUT2D eigenvalue weighted by Crippen LogP contribution is 2.38. The lowest BCUT2D eigenvalue weighted by molar-refractivity contribution is 0.0755. The van der Waals surface area contributed by atoms with Gasteiger partial charge < -0.3 is 19.4 Å². The zero-order chi connectivity index (χ0) is 18.0. The number of ether oxygens (including phenoxy) is 2. The van der Waals surface area contributed by atoms with Crippen molar-refractivity contribution in [2.75, 3.05) is 13.2 Å². The minimum atomic E-state index is -0.0838. The van der Waals surface area contributed by atoms with Crippen molar-refractivity contribution >= 4 is 28.4 Å². The molecule has 1 aromatic heterocycles. The Morgan fingerprint density at radius 3 is 3.00 bits per heavy atom. The molecule has 3 rings (SSSR count). The van der Waals surface area contributed by atoms with Gasteiger partial charge in [0.25, 0.3) is 5.91 Å². The van der Waals surface area contributed by atoms with Gasteiger partial charge in [-0.25, -0.2) is 0 Å². The van der Waals surface area contributed by atoms with Gasteiger partial charge in [0.2, 0.25) is 0 Å². The Bertz CT molecular complexity index is 770. The Morgan fingerprint density at radius 2 is 2.28 bits per heavy atom. The first-order valence-electron chi connectivity index (χ1n) is 8.89. The van der Waals surface area contributed by atoms with Crippen molar-refractivity contribution in [3.63, 3.8) is 0 Å². The number of hydrogen-bond donors (Lipinski definition) is 1. The van der Waals surface area contributed by atoms with Crippen molar-refractivity contribution in [3.05, 3.63) is 28.9 Å². The highest BCUT2D eigenvalue weighted by Gasteiger charge is 2.26. The Morgan fingerprint density at radius 1 is 1.48 bits per heavy atom. The van der Waals surface area contributed by atoms with E-state index in [4.69, 9.17) is 21.1 Å². The highest BCUT2D eigenvalue weighted by atomic mass is 35.5. The van der Waals surface area contributed by atoms with E-state index in [1.54, 1.807) is 0 Å². The molecule has 2 heterocycles. The number of carbonyl (C=O) groups excluding carboxylic acids is 1. The smallest absolute Gasteiger partial charge is 0.267 e. The molecule has 0 aliphatic carbocycles. The molecule has 2 aromatic rings. The molecule has 0 saturated carbocycles. The number of rotatable bonds is 7. The number of amides is 1. The van der Waals surface area contributed by atoms with Crippen LogP contribution in [0.3, 0.4) is 0 Å². The number of carbonyl (C=O) groups is 1. The standard InChI is InChI=1S/C19H25ClN2O3/c1-4-13-11-22-16(19(23)21-8-5-9-24-12(2)3)10-14-15(20)6-7-17(25-13)18(14)22/h6-7,10,12-13H,4-5,8-9,11H2,1-3H3,(H,21,23)/t13-/m0/s1. The minimum absolute atomic E-state index is 0.0651. The third-order valence-corrected chi connectivity index (χ3v) is 4.72. The summed E-state index contributed by atoms with van der Waals surface area (Å²) in [5, 5.41) is 4.48. The van der Waals surface area contributed by atoms with Crippen molar-refractivity contribution in [2.24, 2.45) is 0 Å². The van der Waals surface area contributed by atoms with Crippen LogP contribution in [0.25, 0.3) is 10.9 Å². The van der Waals surface area contributed by atoms with Crippen molar-refractivity contribution in [1.82, 2.24) is 9.88 Å². The van der Waals surface area contributed by atoms with Gasteiger partial charge in [-0.3, -0.25) is 4.79 Å². The first-order chi connectivity index (χ1) is 12.0. The maximum Gasteiger partial charge on any atom is 0.267 e. The summed E-state index contributed by atoms with van der Waals surface area (Å²) in [5.41, 5.74) is 1.54. The van der Waals surface area contributed by atoms with Gasteiger partial charge in [-0.2, -0.15) is 0 Å². The Balaban J connectivity index is 1.79. The maximum atomic E-state index is 12.7. The molecule has 1 aliphatic heterocycles. The molecule has 5 nitrogen and oxygen atoms in total. The first-order valence-corrected chi connectivity index (χ1v) is 9.27. The second-order valence-electron chi connectivity index (χ2n) is 6.63. The zero-order valence-electron chi connectivity index (χ0n) is 15.0. The van der Waals surface area contributed by atoms with Gasteiger partial charge in [-0.05, 0) is 44.9 Å². The van der Waals surface area contributed by atoms with Crippen LogP contribution in [-0.4, -0.2) is 35.8 Å². The van der Waals surface area contributed by atoms with Crippen LogP contribution in [0.2, 0.25) is 5.02 Å². The number of hydrogen-bond acceptors (Lipinski definition) is 3. The van der Waals surface area contributed by atoms with E-state index >= 15 is 0 Å². The van der Waals surface area contributed by atoms with Gasteiger partial charge in [0, 0.05) is 18.5 Å². The zero-order valence-corrected chi connectivity index (χ0v) is 15.7. The predicted molar refractivity (Wildman–Crippen MR) is 99.7 cm³/mol. The largest absolute Gasteiger partial charge is 0.486 e. The molecule has 1 N–H and O–H groups in total. The summed E-state index contributed by atoms with van der Waals surface area (Å²) in [7, 11) is 0. The summed E-state index contributed by atoms with van der Waals surface area (Å²) in [6.07, 6.45) is 1.95. The third-order valence-electron chi connectivity index (χ3n) is 4.39. The van der Waals surface area contributed by atoms with Crippen molar-refractivity contribution in [2.45, 2.75) is 52.4 Å². The summed E-state index contributed by atoms with van der Waals surface area (Å²) >= 11 is 6.33. The van der Waals surface area contributed by atoms with Gasteiger partial charge in [0.15, 0.2) is 0 Å². The molecular formula is C19H25ClN2O3. The van der Waals surface area contributed by atoms with Crippen LogP contribution in [0.1, 0.15) is 44.1 Å². The van der Waals surface area contributed by atoms with Crippen molar-refractivity contribution in [1.29, 1.82) is 0 Å². The maximum absolute atomic E-state index is 12.7. The fraction of sp³-hybridized carbons (Fsp3) is 0.526. The Labute approximate surface area is 153 Å². The fourth-order valence-corrected chi connectivity index (χ4v) is 3.31. The summed E-state index contributed by atoms with van der Waals surface area (Å²) in [6, 6.07) is 5.57. The molecular weight excluding hydrogens is 340 g/mol. The molecule has 1 aliphatic rings. The van der Waals surface area contributed by atoms with E-state index in [-0.39, 0.29) is 18.1 Å². The Kier molecular flexibility index (Phi) is 5.54. The molecule has 1 atom stereocenters. The fourth-order valence-electron chi connectivity index (χ4n) is 3.10. The van der Waals surface area contributed by atoms with E-state index in [0.29, 0.717) is 30.4 Å². The van der Waals surface area contributed by atoms with Gasteiger partial charge in [0.05, 0.1) is 23.2 Å². The third kappa shape index (κ3) is 3.77. The van der Waals surface area contributed by atoms with Crippen LogP contribution in [0.4, 0.5) is 0 Å².